The SMILES string of the molecule is CCS[C@H]1CC[C@H](N(C)C(=O)c2ccsc2)C1. The molecule has 0 unspecified atom stereocenters. The maximum atomic E-state index is 12.2. The zero-order chi connectivity index (χ0) is 12.3. The van der Waals surface area contributed by atoms with Crippen LogP contribution in [0.2, 0.25) is 0 Å². The Labute approximate surface area is 111 Å². The Hall–Kier alpha value is -0.480. The molecule has 1 aliphatic rings. The molecule has 0 saturated heterocycles. The predicted molar refractivity (Wildman–Crippen MR) is 76.0 cm³/mol. The molecule has 1 fully saturated rings. The van der Waals surface area contributed by atoms with Gasteiger partial charge in [-0.05, 0) is 36.5 Å². The fraction of sp³-hybridized carbons (Fsp3) is 0.615. The molecule has 2 rings (SSSR count). The Balaban J connectivity index is 1.93. The van der Waals surface area contributed by atoms with E-state index in [0.29, 0.717) is 6.04 Å². The smallest absolute Gasteiger partial charge is 0.254 e. The van der Waals surface area contributed by atoms with Crippen molar-refractivity contribution in [2.24, 2.45) is 0 Å². The van der Waals surface area contributed by atoms with Gasteiger partial charge >= 0.3 is 0 Å². The fourth-order valence-corrected chi connectivity index (χ4v) is 4.17. The summed E-state index contributed by atoms with van der Waals surface area (Å²) in [6.07, 6.45) is 3.57. The lowest BCUT2D eigenvalue weighted by atomic mass is 10.2. The highest BCUT2D eigenvalue weighted by Gasteiger charge is 2.30. The van der Waals surface area contributed by atoms with Crippen LogP contribution >= 0.6 is 23.1 Å². The molecule has 1 aliphatic carbocycles. The molecule has 0 spiro atoms. The van der Waals surface area contributed by atoms with E-state index >= 15 is 0 Å². The summed E-state index contributed by atoms with van der Waals surface area (Å²) in [4.78, 5) is 14.1. The molecule has 0 bridgehead atoms. The highest BCUT2D eigenvalue weighted by Crippen LogP contribution is 2.32. The molecule has 2 nitrogen and oxygen atoms in total. The Morgan fingerprint density at radius 3 is 3.06 bits per heavy atom. The van der Waals surface area contributed by atoms with Crippen molar-refractivity contribution in [3.8, 4) is 0 Å². The summed E-state index contributed by atoms with van der Waals surface area (Å²) in [5, 5.41) is 4.65. The van der Waals surface area contributed by atoms with Gasteiger partial charge in [0.15, 0.2) is 0 Å². The average Bonchev–Trinajstić information content (AvgIpc) is 2.98. The van der Waals surface area contributed by atoms with E-state index in [1.54, 1.807) is 11.3 Å². The first-order valence-corrected chi connectivity index (χ1v) is 8.12. The van der Waals surface area contributed by atoms with Crippen LogP contribution in [0, 0.1) is 0 Å². The topological polar surface area (TPSA) is 20.3 Å². The third-order valence-electron chi connectivity index (χ3n) is 3.40. The van der Waals surface area contributed by atoms with Crippen molar-refractivity contribution in [1.82, 2.24) is 4.90 Å². The van der Waals surface area contributed by atoms with Gasteiger partial charge in [0, 0.05) is 23.7 Å². The van der Waals surface area contributed by atoms with Crippen LogP contribution in [0.5, 0.6) is 0 Å². The quantitative estimate of drug-likeness (QED) is 0.834. The van der Waals surface area contributed by atoms with Crippen molar-refractivity contribution in [1.29, 1.82) is 0 Å². The van der Waals surface area contributed by atoms with Gasteiger partial charge in [0.1, 0.15) is 0 Å². The van der Waals surface area contributed by atoms with E-state index in [1.807, 2.05) is 40.5 Å². The first-order chi connectivity index (χ1) is 8.22. The predicted octanol–water partition coefficient (Wildman–Crippen LogP) is 3.49. The van der Waals surface area contributed by atoms with Crippen molar-refractivity contribution in [3.63, 3.8) is 0 Å². The zero-order valence-electron chi connectivity index (χ0n) is 10.4. The number of hydrogen-bond acceptors (Lipinski definition) is 3. The van der Waals surface area contributed by atoms with Gasteiger partial charge in [0.05, 0.1) is 5.56 Å². The maximum Gasteiger partial charge on any atom is 0.254 e. The molecule has 1 saturated carbocycles. The van der Waals surface area contributed by atoms with E-state index in [4.69, 9.17) is 0 Å². The lowest BCUT2D eigenvalue weighted by Gasteiger charge is -2.24. The van der Waals surface area contributed by atoms with Crippen LogP contribution in [-0.2, 0) is 0 Å². The summed E-state index contributed by atoms with van der Waals surface area (Å²) >= 11 is 3.62. The first kappa shape index (κ1) is 13.0. The van der Waals surface area contributed by atoms with Crippen LogP contribution in [0.15, 0.2) is 16.8 Å². The zero-order valence-corrected chi connectivity index (χ0v) is 12.0. The van der Waals surface area contributed by atoms with Crippen molar-refractivity contribution >= 4 is 29.0 Å². The molecule has 0 aromatic carbocycles. The number of carbonyl (C=O) groups excluding carboxylic acids is 1. The van der Waals surface area contributed by atoms with E-state index in [-0.39, 0.29) is 5.91 Å². The van der Waals surface area contributed by atoms with E-state index in [2.05, 4.69) is 6.92 Å². The summed E-state index contributed by atoms with van der Waals surface area (Å²) in [7, 11) is 1.95. The third kappa shape index (κ3) is 3.05. The molecular weight excluding hydrogens is 250 g/mol. The van der Waals surface area contributed by atoms with E-state index in [1.165, 1.54) is 12.2 Å². The summed E-state index contributed by atoms with van der Waals surface area (Å²) < 4.78 is 0. The Bertz CT molecular complexity index is 364. The van der Waals surface area contributed by atoms with Crippen molar-refractivity contribution in [3.05, 3.63) is 22.4 Å². The minimum Gasteiger partial charge on any atom is -0.339 e. The van der Waals surface area contributed by atoms with Gasteiger partial charge in [0.2, 0.25) is 0 Å². The molecule has 1 amide bonds. The number of thioether (sulfide) groups is 1. The van der Waals surface area contributed by atoms with E-state index < -0.39 is 0 Å². The molecule has 0 aliphatic heterocycles. The van der Waals surface area contributed by atoms with Gasteiger partial charge < -0.3 is 4.90 Å². The number of carbonyl (C=O) groups is 1. The van der Waals surface area contributed by atoms with Gasteiger partial charge in [-0.3, -0.25) is 4.79 Å². The molecule has 0 radical (unpaired) electrons. The lowest BCUT2D eigenvalue weighted by Crippen LogP contribution is -2.35. The largest absolute Gasteiger partial charge is 0.339 e. The van der Waals surface area contributed by atoms with Crippen LogP contribution in [0.25, 0.3) is 0 Å². The lowest BCUT2D eigenvalue weighted by molar-refractivity contribution is 0.0736. The second-order valence-corrected chi connectivity index (χ2v) is 6.83. The maximum absolute atomic E-state index is 12.2. The monoisotopic (exact) mass is 269 g/mol. The number of rotatable bonds is 4. The highest BCUT2D eigenvalue weighted by molar-refractivity contribution is 7.99. The van der Waals surface area contributed by atoms with E-state index in [9.17, 15) is 4.79 Å². The van der Waals surface area contributed by atoms with Crippen LogP contribution < -0.4 is 0 Å². The van der Waals surface area contributed by atoms with Gasteiger partial charge in [-0.25, -0.2) is 0 Å². The molecule has 1 heterocycles. The van der Waals surface area contributed by atoms with Crippen molar-refractivity contribution in [2.45, 2.75) is 37.5 Å². The van der Waals surface area contributed by atoms with Gasteiger partial charge in [-0.1, -0.05) is 6.92 Å². The molecule has 1 aromatic rings. The number of hydrogen-bond donors (Lipinski definition) is 0. The summed E-state index contributed by atoms with van der Waals surface area (Å²) in [5.74, 6) is 1.36. The number of thiophene rings is 1. The molecule has 2 atom stereocenters. The Kier molecular flexibility index (Phi) is 4.51. The van der Waals surface area contributed by atoms with Gasteiger partial charge in [0.25, 0.3) is 5.91 Å². The second kappa shape index (κ2) is 5.91. The molecular formula is C13H19NOS2. The summed E-state index contributed by atoms with van der Waals surface area (Å²) in [6.45, 7) is 2.21. The average molecular weight is 269 g/mol. The first-order valence-electron chi connectivity index (χ1n) is 6.13. The van der Waals surface area contributed by atoms with Crippen LogP contribution in [0.3, 0.4) is 0 Å². The Morgan fingerprint density at radius 1 is 1.59 bits per heavy atom. The standard InChI is InChI=1S/C13H19NOS2/c1-3-17-12-5-4-11(8-12)14(2)13(15)10-6-7-16-9-10/h6-7,9,11-12H,3-5,8H2,1-2H3/t11-,12-/m0/s1. The number of amides is 1. The van der Waals surface area contributed by atoms with Gasteiger partial charge in [-0.15, -0.1) is 0 Å². The van der Waals surface area contributed by atoms with Crippen molar-refractivity contribution in [2.75, 3.05) is 12.8 Å². The second-order valence-electron chi connectivity index (χ2n) is 4.47. The van der Waals surface area contributed by atoms with Crippen LogP contribution in [0.1, 0.15) is 36.5 Å². The van der Waals surface area contributed by atoms with Gasteiger partial charge in [-0.2, -0.15) is 23.1 Å². The molecule has 0 N–H and O–H groups in total. The van der Waals surface area contributed by atoms with E-state index in [0.717, 1.165) is 23.7 Å². The molecule has 1 aromatic heterocycles. The molecule has 17 heavy (non-hydrogen) atoms. The third-order valence-corrected chi connectivity index (χ3v) is 5.31. The highest BCUT2D eigenvalue weighted by atomic mass is 32.2. The normalized spacial score (nSPS) is 23.9. The summed E-state index contributed by atoms with van der Waals surface area (Å²) in [6, 6.07) is 2.35. The van der Waals surface area contributed by atoms with Crippen LogP contribution in [-0.4, -0.2) is 34.9 Å². The minimum absolute atomic E-state index is 0.179. The summed E-state index contributed by atoms with van der Waals surface area (Å²) in [5.41, 5.74) is 0.837. The van der Waals surface area contributed by atoms with Crippen molar-refractivity contribution < 1.29 is 4.79 Å². The molecule has 94 valence electrons. The molecule has 4 heteroatoms. The van der Waals surface area contributed by atoms with Crippen LogP contribution in [0.4, 0.5) is 0 Å². The number of nitrogens with zero attached hydrogens (tertiary/aromatic N) is 1. The Morgan fingerprint density at radius 2 is 2.41 bits per heavy atom. The minimum atomic E-state index is 0.179. The fourth-order valence-electron chi connectivity index (χ4n) is 2.41.